The monoisotopic (exact) mass is 817 g/mol. The summed E-state index contributed by atoms with van der Waals surface area (Å²) < 4.78 is 18.5. The number of rotatable bonds is 13. The molecule has 2 aliphatic heterocycles. The second kappa shape index (κ2) is 18.3. The van der Waals surface area contributed by atoms with Crippen molar-refractivity contribution in [2.75, 3.05) is 43.1 Å². The van der Waals surface area contributed by atoms with Gasteiger partial charge in [0, 0.05) is 30.3 Å². The number of carbonyl (C=O) groups excluding carboxylic acids is 3. The first-order valence-electron chi connectivity index (χ1n) is 20.8. The molecule has 12 heteroatoms. The van der Waals surface area contributed by atoms with Crippen LogP contribution in [0.25, 0.3) is 21.3 Å². The lowest BCUT2D eigenvalue weighted by atomic mass is 9.88. The fourth-order valence-electron chi connectivity index (χ4n) is 8.21. The Morgan fingerprint density at radius 3 is 2.54 bits per heavy atom. The highest BCUT2D eigenvalue weighted by atomic mass is 32.1. The Kier molecular flexibility index (Phi) is 13.0. The molecule has 2 aromatic heterocycles. The van der Waals surface area contributed by atoms with E-state index < -0.39 is 11.6 Å². The topological polar surface area (TPSA) is 123 Å². The van der Waals surface area contributed by atoms with Gasteiger partial charge in [0.05, 0.1) is 30.0 Å². The normalized spacial score (nSPS) is 17.0. The van der Waals surface area contributed by atoms with Gasteiger partial charge in [-0.25, -0.2) is 14.8 Å². The Balaban J connectivity index is 1.06. The van der Waals surface area contributed by atoms with Crippen molar-refractivity contribution in [1.29, 1.82) is 0 Å². The predicted molar refractivity (Wildman–Crippen MR) is 233 cm³/mol. The van der Waals surface area contributed by atoms with Crippen LogP contribution in [0, 0.1) is 12.8 Å². The van der Waals surface area contributed by atoms with Crippen LogP contribution in [0.15, 0.2) is 72.8 Å². The molecule has 1 amide bonds. The smallest absolute Gasteiger partial charge is 0.358 e. The summed E-state index contributed by atoms with van der Waals surface area (Å²) >= 11 is 1.45. The van der Waals surface area contributed by atoms with Crippen LogP contribution in [0.5, 0.6) is 5.75 Å². The second-order valence-electron chi connectivity index (χ2n) is 16.6. The third-order valence-corrected chi connectivity index (χ3v) is 12.1. The largest absolute Gasteiger partial charge is 0.493 e. The Labute approximate surface area is 351 Å². The molecule has 1 fully saturated rings. The van der Waals surface area contributed by atoms with E-state index >= 15 is 0 Å². The first-order valence-corrected chi connectivity index (χ1v) is 21.6. The molecular weight excluding hydrogens is 763 g/mol. The molecule has 7 rings (SSSR count). The van der Waals surface area contributed by atoms with Gasteiger partial charge in [-0.2, -0.15) is 0 Å². The molecule has 0 aliphatic carbocycles. The van der Waals surface area contributed by atoms with Crippen LogP contribution in [-0.4, -0.2) is 77.2 Å². The van der Waals surface area contributed by atoms with E-state index in [1.165, 1.54) is 11.3 Å². The fourth-order valence-corrected chi connectivity index (χ4v) is 9.07. The van der Waals surface area contributed by atoms with Gasteiger partial charge in [0.25, 0.3) is 5.91 Å². The summed E-state index contributed by atoms with van der Waals surface area (Å²) in [6.45, 7) is 15.0. The maximum absolute atomic E-state index is 13.9. The van der Waals surface area contributed by atoms with Gasteiger partial charge in [-0.05, 0) is 145 Å². The summed E-state index contributed by atoms with van der Waals surface area (Å²) in [6.07, 6.45) is 4.80. The number of thiazole rings is 1. The third kappa shape index (κ3) is 10.1. The molecule has 0 bridgehead atoms. The molecule has 2 aliphatic rings. The van der Waals surface area contributed by atoms with E-state index in [9.17, 15) is 14.4 Å². The number of amides is 1. The maximum Gasteiger partial charge on any atom is 0.358 e. The van der Waals surface area contributed by atoms with Gasteiger partial charge in [0.15, 0.2) is 10.8 Å². The van der Waals surface area contributed by atoms with Gasteiger partial charge in [0.1, 0.15) is 17.2 Å². The number of esters is 2. The van der Waals surface area contributed by atoms with Crippen molar-refractivity contribution in [3.8, 4) is 16.9 Å². The number of fused-ring (bicyclic) bond motifs is 2. The third-order valence-electron chi connectivity index (χ3n) is 11.2. The molecule has 0 unspecified atom stereocenters. The molecule has 4 heterocycles. The number of ether oxygens (including phenoxy) is 3. The Morgan fingerprint density at radius 1 is 0.949 bits per heavy atom. The minimum atomic E-state index is -0.725. The number of pyridine rings is 1. The van der Waals surface area contributed by atoms with Crippen molar-refractivity contribution in [2.45, 2.75) is 91.8 Å². The number of likely N-dealkylation sites (tertiary alicyclic amines) is 1. The zero-order chi connectivity index (χ0) is 41.7. The lowest BCUT2D eigenvalue weighted by Crippen LogP contribution is -2.43. The van der Waals surface area contributed by atoms with Gasteiger partial charge in [-0.15, -0.1) is 0 Å². The predicted octanol–water partition coefficient (Wildman–Crippen LogP) is 9.26. The van der Waals surface area contributed by atoms with Crippen molar-refractivity contribution in [3.63, 3.8) is 0 Å². The van der Waals surface area contributed by atoms with Crippen molar-refractivity contribution in [1.82, 2.24) is 14.9 Å². The van der Waals surface area contributed by atoms with Crippen LogP contribution in [0.2, 0.25) is 0 Å². The van der Waals surface area contributed by atoms with E-state index in [1.54, 1.807) is 0 Å². The number of aromatic nitrogens is 2. The van der Waals surface area contributed by atoms with Crippen LogP contribution in [-0.2, 0) is 27.2 Å². The number of para-hydroxylation sites is 1. The van der Waals surface area contributed by atoms with Gasteiger partial charge in [-0.1, -0.05) is 47.7 Å². The molecule has 0 radical (unpaired) electrons. The summed E-state index contributed by atoms with van der Waals surface area (Å²) in [6, 6.07) is 23.8. The summed E-state index contributed by atoms with van der Waals surface area (Å²) in [4.78, 5) is 53.6. The van der Waals surface area contributed by atoms with E-state index in [0.29, 0.717) is 66.9 Å². The van der Waals surface area contributed by atoms with Crippen molar-refractivity contribution < 1.29 is 28.6 Å². The highest BCUT2D eigenvalue weighted by Crippen LogP contribution is 2.36. The molecule has 5 aromatic rings. The Morgan fingerprint density at radius 2 is 1.76 bits per heavy atom. The molecule has 2 atom stereocenters. The summed E-state index contributed by atoms with van der Waals surface area (Å²) in [5.41, 5.74) is 5.42. The summed E-state index contributed by atoms with van der Waals surface area (Å²) in [5, 5.41) is 3.58. The molecule has 59 heavy (non-hydrogen) atoms. The van der Waals surface area contributed by atoms with Crippen LogP contribution < -0.4 is 15.0 Å². The average molecular weight is 818 g/mol. The number of hydrogen-bond donors (Lipinski definition) is 1. The van der Waals surface area contributed by atoms with Crippen molar-refractivity contribution in [3.05, 3.63) is 101 Å². The Hall–Kier alpha value is -5.33. The summed E-state index contributed by atoms with van der Waals surface area (Å²) in [7, 11) is 0. The number of nitrogens with zero attached hydrogens (tertiary/aromatic N) is 4. The average Bonchev–Trinajstić information content (AvgIpc) is 3.62. The first-order chi connectivity index (χ1) is 28.4. The Bertz CT molecular complexity index is 2290. The zero-order valence-electron chi connectivity index (χ0n) is 35.0. The lowest BCUT2D eigenvalue weighted by Gasteiger charge is -2.37. The van der Waals surface area contributed by atoms with E-state index in [4.69, 9.17) is 19.2 Å². The summed E-state index contributed by atoms with van der Waals surface area (Å²) in [5.74, 6) is 1.12. The van der Waals surface area contributed by atoms with Crippen LogP contribution in [0.4, 0.5) is 10.9 Å². The molecule has 0 saturated carbocycles. The van der Waals surface area contributed by atoms with E-state index in [2.05, 4.69) is 33.1 Å². The minimum absolute atomic E-state index is 0.152. The van der Waals surface area contributed by atoms with Crippen LogP contribution in [0.1, 0.15) is 97.8 Å². The molecular formula is C47H55N5O6S. The number of nitrogens with one attached hydrogen (secondary N) is 1. The molecule has 11 nitrogen and oxygen atoms in total. The van der Waals surface area contributed by atoms with Crippen LogP contribution in [0.3, 0.4) is 0 Å². The number of carbonyl (C=O) groups is 3. The van der Waals surface area contributed by atoms with E-state index in [-0.39, 0.29) is 17.6 Å². The zero-order valence-corrected chi connectivity index (χ0v) is 35.8. The van der Waals surface area contributed by atoms with E-state index in [0.717, 1.165) is 76.9 Å². The highest BCUT2D eigenvalue weighted by Gasteiger charge is 2.29. The molecule has 0 spiro atoms. The molecule has 3 aromatic carbocycles. The first kappa shape index (κ1) is 41.8. The number of anilines is 2. The van der Waals surface area contributed by atoms with Gasteiger partial charge in [-0.3, -0.25) is 19.8 Å². The van der Waals surface area contributed by atoms with Crippen molar-refractivity contribution >= 4 is 50.3 Å². The van der Waals surface area contributed by atoms with Gasteiger partial charge in [0.2, 0.25) is 0 Å². The number of piperidine rings is 1. The maximum atomic E-state index is 13.9. The van der Waals surface area contributed by atoms with E-state index in [1.807, 2.05) is 101 Å². The van der Waals surface area contributed by atoms with Gasteiger partial charge < -0.3 is 19.1 Å². The SMILES string of the molecule is CCOC(=O)CN1CC[C@@H](CCCOc2cccc(-c3ccc(N4CCc5cccc(C(=O)Nc6nc7ccccc7s6)c5C4)nc3C(=O)OC(C)(C)C)c2C)C[C@H]1C. The lowest BCUT2D eigenvalue weighted by molar-refractivity contribution is -0.145. The van der Waals surface area contributed by atoms with Gasteiger partial charge >= 0.3 is 11.9 Å². The quantitative estimate of drug-likeness (QED) is 0.0909. The van der Waals surface area contributed by atoms with Crippen LogP contribution >= 0.6 is 11.3 Å². The molecule has 1 saturated heterocycles. The standard InChI is InChI=1S/C47H55N5O6S/c1-7-56-42(53)29-51-24-22-32(27-30(51)2)13-12-26-57-39-18-11-15-34(31(39)3)35-20-21-41(49-43(35)45(55)58-47(4,5)6)52-25-23-33-14-10-16-36(37(33)28-52)44(54)50-46-48-38-17-8-9-19-40(38)59-46/h8-11,14-21,30,32H,7,12-13,22-29H2,1-6H3,(H,48,50,54)/t30-,32-/m1/s1. The number of benzene rings is 3. The highest BCUT2D eigenvalue weighted by molar-refractivity contribution is 7.22. The number of hydrogen-bond acceptors (Lipinski definition) is 11. The fraction of sp³-hybridized carbons (Fsp3) is 0.426. The minimum Gasteiger partial charge on any atom is -0.493 e. The molecule has 1 N–H and O–H groups in total. The second-order valence-corrected chi connectivity index (χ2v) is 17.6. The van der Waals surface area contributed by atoms with Crippen molar-refractivity contribution in [2.24, 2.45) is 5.92 Å². The molecule has 310 valence electrons.